The number of anilines is 3. The molecule has 0 spiro atoms. The number of nitrogens with zero attached hydrogens (tertiary/aromatic N) is 2. The van der Waals surface area contributed by atoms with Gasteiger partial charge < -0.3 is 20.4 Å². The van der Waals surface area contributed by atoms with Gasteiger partial charge in [0.05, 0.1) is 10.9 Å². The predicted octanol–water partition coefficient (Wildman–Crippen LogP) is 6.39. The molecule has 196 valence electrons. The Hall–Kier alpha value is -5.12. The van der Waals surface area contributed by atoms with E-state index in [1.807, 2.05) is 0 Å². The number of rotatable bonds is 7. The Labute approximate surface area is 221 Å². The topological polar surface area (TPSA) is 109 Å². The zero-order valence-corrected chi connectivity index (χ0v) is 21.0. The van der Waals surface area contributed by atoms with Gasteiger partial charge in [0.15, 0.2) is 11.6 Å². The van der Waals surface area contributed by atoms with E-state index in [0.717, 1.165) is 0 Å². The van der Waals surface area contributed by atoms with Crippen molar-refractivity contribution in [1.29, 1.82) is 0 Å². The molecule has 3 N–H and O–H groups in total. The van der Waals surface area contributed by atoms with Crippen LogP contribution >= 0.6 is 0 Å². The van der Waals surface area contributed by atoms with Crippen LogP contribution in [0.4, 0.5) is 26.1 Å². The van der Waals surface area contributed by atoms with Gasteiger partial charge in [0.1, 0.15) is 23.2 Å². The van der Waals surface area contributed by atoms with Gasteiger partial charge in [-0.25, -0.2) is 18.7 Å². The van der Waals surface area contributed by atoms with Crippen molar-refractivity contribution >= 4 is 34.1 Å². The lowest BCUT2D eigenvalue weighted by Crippen LogP contribution is -2.18. The molecule has 3 heterocycles. The van der Waals surface area contributed by atoms with Gasteiger partial charge in [-0.05, 0) is 42.0 Å². The van der Waals surface area contributed by atoms with Crippen molar-refractivity contribution in [3.05, 3.63) is 101 Å². The van der Waals surface area contributed by atoms with Crippen molar-refractivity contribution in [3.8, 4) is 22.6 Å². The van der Waals surface area contributed by atoms with Crippen LogP contribution in [0.5, 0.6) is 11.5 Å². The van der Waals surface area contributed by atoms with Crippen LogP contribution in [0.15, 0.2) is 84.0 Å². The highest BCUT2D eigenvalue weighted by atomic mass is 19.1. The fourth-order valence-electron chi connectivity index (χ4n) is 3.84. The zero-order valence-electron chi connectivity index (χ0n) is 21.0. The Morgan fingerprint density at radius 1 is 0.974 bits per heavy atom. The SMILES string of the molecule is CC(C)C(=O)Nc1cc(Oc2ccc(Nc3nccc4[nH]cc(-c5ccc(F)cc5)c(=O)c34)cc2F)ccn1. The quantitative estimate of drug-likeness (QED) is 0.226. The number of pyridine rings is 3. The van der Waals surface area contributed by atoms with E-state index >= 15 is 0 Å². The number of fused-ring (bicyclic) bond motifs is 1. The smallest absolute Gasteiger partial charge is 0.228 e. The molecule has 0 atom stereocenters. The van der Waals surface area contributed by atoms with Gasteiger partial charge in [0.2, 0.25) is 11.3 Å². The highest BCUT2D eigenvalue weighted by molar-refractivity contribution is 5.93. The number of halogens is 2. The summed E-state index contributed by atoms with van der Waals surface area (Å²) in [6.45, 7) is 3.52. The first-order valence-electron chi connectivity index (χ1n) is 12.1. The fraction of sp³-hybridized carbons (Fsp3) is 0.103. The van der Waals surface area contributed by atoms with E-state index < -0.39 is 11.6 Å². The summed E-state index contributed by atoms with van der Waals surface area (Å²) in [4.78, 5) is 36.7. The molecule has 0 radical (unpaired) electrons. The molecule has 0 saturated carbocycles. The van der Waals surface area contributed by atoms with Gasteiger partial charge in [-0.1, -0.05) is 26.0 Å². The van der Waals surface area contributed by atoms with E-state index in [-0.39, 0.29) is 40.0 Å². The molecule has 8 nitrogen and oxygen atoms in total. The monoisotopic (exact) mass is 527 g/mol. The van der Waals surface area contributed by atoms with Crippen LogP contribution in [0.1, 0.15) is 13.8 Å². The summed E-state index contributed by atoms with van der Waals surface area (Å²) in [5.74, 6) is -0.735. The normalized spacial score (nSPS) is 11.0. The molecule has 0 aliphatic heterocycles. The number of carbonyl (C=O) groups is 1. The minimum Gasteiger partial charge on any atom is -0.454 e. The molecule has 0 unspecified atom stereocenters. The number of ether oxygens (including phenoxy) is 1. The molecule has 5 aromatic rings. The molecule has 0 saturated heterocycles. The lowest BCUT2D eigenvalue weighted by atomic mass is 10.0. The first-order valence-corrected chi connectivity index (χ1v) is 12.1. The molecule has 0 aliphatic carbocycles. The number of benzene rings is 2. The van der Waals surface area contributed by atoms with E-state index in [1.165, 1.54) is 54.9 Å². The van der Waals surface area contributed by atoms with E-state index in [4.69, 9.17) is 4.74 Å². The summed E-state index contributed by atoms with van der Waals surface area (Å²) in [5, 5.41) is 5.94. The Kier molecular flexibility index (Phi) is 7.00. The van der Waals surface area contributed by atoms with E-state index in [2.05, 4.69) is 25.6 Å². The Morgan fingerprint density at radius 2 is 1.74 bits per heavy atom. The van der Waals surface area contributed by atoms with Crippen LogP contribution in [-0.4, -0.2) is 20.9 Å². The van der Waals surface area contributed by atoms with Crippen molar-refractivity contribution in [2.45, 2.75) is 13.8 Å². The Bertz CT molecular complexity index is 1740. The minimum absolute atomic E-state index is 0.0461. The van der Waals surface area contributed by atoms with Gasteiger partial charge in [0, 0.05) is 47.9 Å². The second kappa shape index (κ2) is 10.7. The second-order valence-electron chi connectivity index (χ2n) is 9.01. The summed E-state index contributed by atoms with van der Waals surface area (Å²) < 4.78 is 34.0. The number of hydrogen-bond acceptors (Lipinski definition) is 6. The van der Waals surface area contributed by atoms with Gasteiger partial charge >= 0.3 is 0 Å². The molecule has 10 heteroatoms. The number of aromatic nitrogens is 3. The average molecular weight is 528 g/mol. The van der Waals surface area contributed by atoms with Crippen molar-refractivity contribution in [1.82, 2.24) is 15.0 Å². The van der Waals surface area contributed by atoms with Crippen LogP contribution < -0.4 is 20.8 Å². The molecular formula is C29H23F2N5O3. The summed E-state index contributed by atoms with van der Waals surface area (Å²) >= 11 is 0. The highest BCUT2D eigenvalue weighted by Crippen LogP contribution is 2.30. The first-order chi connectivity index (χ1) is 18.8. The third kappa shape index (κ3) is 5.59. The van der Waals surface area contributed by atoms with Gasteiger partial charge in [-0.2, -0.15) is 0 Å². The summed E-state index contributed by atoms with van der Waals surface area (Å²) in [7, 11) is 0. The largest absolute Gasteiger partial charge is 0.454 e. The fourth-order valence-corrected chi connectivity index (χ4v) is 3.84. The van der Waals surface area contributed by atoms with E-state index in [0.29, 0.717) is 28.1 Å². The minimum atomic E-state index is -0.661. The summed E-state index contributed by atoms with van der Waals surface area (Å²) in [6, 6.07) is 14.5. The number of nitrogens with one attached hydrogen (secondary N) is 3. The summed E-state index contributed by atoms with van der Waals surface area (Å²) in [5.41, 5.74) is 1.44. The molecule has 39 heavy (non-hydrogen) atoms. The zero-order chi connectivity index (χ0) is 27.5. The van der Waals surface area contributed by atoms with Crippen molar-refractivity contribution < 1.29 is 18.3 Å². The standard InChI is InChI=1S/C29H23F2N5O3/c1-16(2)29(38)36-25-14-20(9-11-32-25)39-24-8-7-19(13-22(24)31)35-28-26-23(10-12-33-28)34-15-21(27(26)37)17-3-5-18(30)6-4-17/h3-16H,1-2H3,(H,33,35)(H,34,37)(H,32,36,38). The van der Waals surface area contributed by atoms with Crippen molar-refractivity contribution in [2.24, 2.45) is 5.92 Å². The number of H-pyrrole nitrogens is 1. The molecule has 5 rings (SSSR count). The molecule has 0 aliphatic rings. The maximum absolute atomic E-state index is 15.0. The number of hydrogen-bond donors (Lipinski definition) is 3. The third-order valence-corrected chi connectivity index (χ3v) is 5.88. The van der Waals surface area contributed by atoms with Crippen LogP contribution in [0, 0.1) is 17.6 Å². The number of aromatic amines is 1. The first kappa shape index (κ1) is 25.5. The van der Waals surface area contributed by atoms with Gasteiger partial charge in [0.25, 0.3) is 0 Å². The lowest BCUT2D eigenvalue weighted by Gasteiger charge is -2.12. The molecule has 0 bridgehead atoms. The van der Waals surface area contributed by atoms with E-state index in [9.17, 15) is 18.4 Å². The van der Waals surface area contributed by atoms with Crippen LogP contribution in [0.3, 0.4) is 0 Å². The highest BCUT2D eigenvalue weighted by Gasteiger charge is 2.14. The van der Waals surface area contributed by atoms with Crippen LogP contribution in [0.2, 0.25) is 0 Å². The molecule has 0 fully saturated rings. The molecule has 1 amide bonds. The maximum Gasteiger partial charge on any atom is 0.228 e. The van der Waals surface area contributed by atoms with Crippen molar-refractivity contribution in [2.75, 3.05) is 10.6 Å². The van der Waals surface area contributed by atoms with Crippen LogP contribution in [0.25, 0.3) is 22.0 Å². The maximum atomic E-state index is 15.0. The number of carbonyl (C=O) groups excluding carboxylic acids is 1. The average Bonchev–Trinajstić information content (AvgIpc) is 2.91. The molecular weight excluding hydrogens is 504 g/mol. The Morgan fingerprint density at radius 3 is 2.49 bits per heavy atom. The Balaban J connectivity index is 1.40. The lowest BCUT2D eigenvalue weighted by molar-refractivity contribution is -0.118. The molecule has 2 aromatic carbocycles. The van der Waals surface area contributed by atoms with Gasteiger partial charge in [-0.15, -0.1) is 0 Å². The number of amides is 1. The van der Waals surface area contributed by atoms with E-state index in [1.54, 1.807) is 38.2 Å². The molecule has 3 aromatic heterocycles. The summed E-state index contributed by atoms with van der Waals surface area (Å²) in [6.07, 6.45) is 4.53. The second-order valence-corrected chi connectivity index (χ2v) is 9.01. The third-order valence-electron chi connectivity index (χ3n) is 5.88. The van der Waals surface area contributed by atoms with Crippen molar-refractivity contribution in [3.63, 3.8) is 0 Å². The van der Waals surface area contributed by atoms with Crippen LogP contribution in [-0.2, 0) is 4.79 Å². The van der Waals surface area contributed by atoms with Gasteiger partial charge in [-0.3, -0.25) is 9.59 Å². The predicted molar refractivity (Wildman–Crippen MR) is 145 cm³/mol.